The molecule has 1 amide bonds. The third-order valence-electron chi connectivity index (χ3n) is 3.26. The van der Waals surface area contributed by atoms with E-state index < -0.39 is 0 Å². The topological polar surface area (TPSA) is 69.8 Å². The molecule has 1 aliphatic heterocycles. The maximum absolute atomic E-state index is 12.0. The van der Waals surface area contributed by atoms with Crippen molar-refractivity contribution in [2.75, 3.05) is 6.54 Å². The highest BCUT2D eigenvalue weighted by atomic mass is 16.2. The van der Waals surface area contributed by atoms with Crippen LogP contribution in [0.1, 0.15) is 36.9 Å². The molecule has 2 rings (SSSR count). The minimum atomic E-state index is -0.0234. The van der Waals surface area contributed by atoms with E-state index in [1.165, 1.54) is 12.8 Å². The van der Waals surface area contributed by atoms with Crippen molar-refractivity contribution in [3.8, 4) is 0 Å². The molecule has 0 bridgehead atoms. The Morgan fingerprint density at radius 2 is 2.41 bits per heavy atom. The van der Waals surface area contributed by atoms with Crippen LogP contribution < -0.4 is 10.6 Å². The Kier molecular flexibility index (Phi) is 4.14. The smallest absolute Gasteiger partial charge is 0.237 e. The summed E-state index contributed by atoms with van der Waals surface area (Å²) in [7, 11) is 0. The van der Waals surface area contributed by atoms with E-state index >= 15 is 0 Å². The fourth-order valence-electron chi connectivity index (χ4n) is 2.11. The van der Waals surface area contributed by atoms with Crippen LogP contribution in [0.4, 0.5) is 0 Å². The quantitative estimate of drug-likeness (QED) is 0.729. The zero-order valence-electron chi connectivity index (χ0n) is 10.3. The maximum atomic E-state index is 12.0. The third kappa shape index (κ3) is 3.30. The second-order valence-electron chi connectivity index (χ2n) is 4.59. The molecule has 0 saturated carbocycles. The molecule has 5 nitrogen and oxygen atoms in total. The number of aromatic nitrogens is 2. The Bertz CT molecular complexity index is 366. The predicted octanol–water partition coefficient (Wildman–Crippen LogP) is 0.867. The van der Waals surface area contributed by atoms with Gasteiger partial charge in [0.2, 0.25) is 5.91 Å². The Balaban J connectivity index is 1.82. The molecule has 1 saturated heterocycles. The predicted molar refractivity (Wildman–Crippen MR) is 65.4 cm³/mol. The van der Waals surface area contributed by atoms with E-state index in [4.69, 9.17) is 0 Å². The van der Waals surface area contributed by atoms with Crippen LogP contribution in [0, 0.1) is 6.92 Å². The molecule has 1 atom stereocenters. The summed E-state index contributed by atoms with van der Waals surface area (Å²) in [6.07, 6.45) is 6.23. The third-order valence-corrected chi connectivity index (χ3v) is 3.26. The molecule has 1 aliphatic rings. The molecule has 3 N–H and O–H groups in total. The normalized spacial score (nSPS) is 20.9. The van der Waals surface area contributed by atoms with Crippen molar-refractivity contribution in [3.05, 3.63) is 17.5 Å². The fourth-order valence-corrected chi connectivity index (χ4v) is 2.11. The number of hydrogen-bond donors (Lipinski definition) is 3. The average Bonchev–Trinajstić information content (AvgIpc) is 2.58. The number of aryl methyl sites for hydroxylation is 1. The van der Waals surface area contributed by atoms with Crippen LogP contribution in [0.15, 0.2) is 6.20 Å². The number of carbonyl (C=O) groups excluding carboxylic acids is 1. The average molecular weight is 236 g/mol. The van der Waals surface area contributed by atoms with Crippen molar-refractivity contribution in [3.63, 3.8) is 0 Å². The van der Waals surface area contributed by atoms with Gasteiger partial charge in [-0.15, -0.1) is 0 Å². The van der Waals surface area contributed by atoms with Crippen LogP contribution in [-0.4, -0.2) is 28.7 Å². The van der Waals surface area contributed by atoms with Gasteiger partial charge >= 0.3 is 0 Å². The molecule has 0 radical (unpaired) electrons. The van der Waals surface area contributed by atoms with E-state index in [1.54, 1.807) is 6.20 Å². The van der Waals surface area contributed by atoms with E-state index in [2.05, 4.69) is 20.8 Å². The number of nitrogens with one attached hydrogen (secondary N) is 3. The van der Waals surface area contributed by atoms with Gasteiger partial charge in [0, 0.05) is 17.8 Å². The van der Waals surface area contributed by atoms with Crippen molar-refractivity contribution in [2.45, 2.75) is 45.2 Å². The van der Waals surface area contributed by atoms with Crippen LogP contribution in [0.2, 0.25) is 0 Å². The lowest BCUT2D eigenvalue weighted by molar-refractivity contribution is -0.123. The molecule has 1 aromatic heterocycles. The first-order valence-corrected chi connectivity index (χ1v) is 6.27. The van der Waals surface area contributed by atoms with E-state index in [9.17, 15) is 4.79 Å². The van der Waals surface area contributed by atoms with Gasteiger partial charge < -0.3 is 10.6 Å². The van der Waals surface area contributed by atoms with E-state index in [1.807, 2.05) is 6.92 Å². The molecule has 17 heavy (non-hydrogen) atoms. The van der Waals surface area contributed by atoms with Gasteiger partial charge in [0.15, 0.2) is 0 Å². The lowest BCUT2D eigenvalue weighted by atomic mass is 10.1. The summed E-state index contributed by atoms with van der Waals surface area (Å²) in [5, 5.41) is 13.1. The molecular formula is C12H20N4O. The van der Waals surface area contributed by atoms with Crippen molar-refractivity contribution in [1.29, 1.82) is 0 Å². The standard InChI is InChI=1S/C12H20N4O/c1-9-10(8-15-16-9)7-14-12(17)11-5-3-2-4-6-13-11/h8,11,13H,2-7H2,1H3,(H,14,17)(H,15,16). The van der Waals surface area contributed by atoms with Crippen LogP contribution in [0.3, 0.4) is 0 Å². The highest BCUT2D eigenvalue weighted by Crippen LogP contribution is 2.09. The maximum Gasteiger partial charge on any atom is 0.237 e. The van der Waals surface area contributed by atoms with Crippen molar-refractivity contribution >= 4 is 5.91 Å². The molecular weight excluding hydrogens is 216 g/mol. The van der Waals surface area contributed by atoms with E-state index in [0.29, 0.717) is 6.54 Å². The number of nitrogens with zero attached hydrogens (tertiary/aromatic N) is 1. The van der Waals surface area contributed by atoms with Gasteiger partial charge in [0.1, 0.15) is 0 Å². The number of rotatable bonds is 3. The molecule has 1 fully saturated rings. The Labute approximate surface area is 101 Å². The zero-order valence-corrected chi connectivity index (χ0v) is 10.3. The van der Waals surface area contributed by atoms with Crippen molar-refractivity contribution < 1.29 is 4.79 Å². The molecule has 2 heterocycles. The zero-order chi connectivity index (χ0) is 12.1. The Hall–Kier alpha value is -1.36. The first-order valence-electron chi connectivity index (χ1n) is 6.27. The second-order valence-corrected chi connectivity index (χ2v) is 4.59. The number of hydrogen-bond acceptors (Lipinski definition) is 3. The van der Waals surface area contributed by atoms with Crippen LogP contribution in [0.5, 0.6) is 0 Å². The molecule has 5 heteroatoms. The summed E-state index contributed by atoms with van der Waals surface area (Å²) in [5.41, 5.74) is 2.06. The summed E-state index contributed by atoms with van der Waals surface area (Å²) in [6, 6.07) is -0.0234. The summed E-state index contributed by atoms with van der Waals surface area (Å²) in [5.74, 6) is 0.104. The van der Waals surface area contributed by atoms with Gasteiger partial charge in [-0.3, -0.25) is 9.89 Å². The molecule has 0 spiro atoms. The molecule has 1 aromatic rings. The Morgan fingerprint density at radius 3 is 3.18 bits per heavy atom. The number of amides is 1. The Morgan fingerprint density at radius 1 is 1.53 bits per heavy atom. The minimum Gasteiger partial charge on any atom is -0.351 e. The number of H-pyrrole nitrogens is 1. The first kappa shape index (κ1) is 12.1. The number of carbonyl (C=O) groups is 1. The number of aromatic amines is 1. The molecule has 1 unspecified atom stereocenters. The van der Waals surface area contributed by atoms with Gasteiger partial charge in [-0.25, -0.2) is 0 Å². The van der Waals surface area contributed by atoms with Crippen LogP contribution >= 0.6 is 0 Å². The fraction of sp³-hybridized carbons (Fsp3) is 0.667. The first-order chi connectivity index (χ1) is 8.27. The molecule has 0 aliphatic carbocycles. The largest absolute Gasteiger partial charge is 0.351 e. The molecule has 0 aromatic carbocycles. The lowest BCUT2D eigenvalue weighted by Crippen LogP contribution is -2.43. The van der Waals surface area contributed by atoms with Crippen LogP contribution in [0.25, 0.3) is 0 Å². The summed E-state index contributed by atoms with van der Waals surface area (Å²) >= 11 is 0. The highest BCUT2D eigenvalue weighted by Gasteiger charge is 2.19. The second kappa shape index (κ2) is 5.82. The van der Waals surface area contributed by atoms with Gasteiger partial charge in [0.25, 0.3) is 0 Å². The SMILES string of the molecule is Cc1[nH]ncc1CNC(=O)C1CCCCCN1. The van der Waals surface area contributed by atoms with Gasteiger partial charge in [-0.05, 0) is 26.3 Å². The minimum absolute atomic E-state index is 0.0234. The summed E-state index contributed by atoms with van der Waals surface area (Å²) in [6.45, 7) is 3.46. The van der Waals surface area contributed by atoms with Crippen molar-refractivity contribution in [1.82, 2.24) is 20.8 Å². The summed E-state index contributed by atoms with van der Waals surface area (Å²) in [4.78, 5) is 12.0. The van der Waals surface area contributed by atoms with Gasteiger partial charge in [-0.2, -0.15) is 5.10 Å². The van der Waals surface area contributed by atoms with Crippen molar-refractivity contribution in [2.24, 2.45) is 0 Å². The highest BCUT2D eigenvalue weighted by molar-refractivity contribution is 5.81. The summed E-state index contributed by atoms with van der Waals surface area (Å²) < 4.78 is 0. The van der Waals surface area contributed by atoms with Gasteiger partial charge in [-0.1, -0.05) is 12.8 Å². The lowest BCUT2D eigenvalue weighted by Gasteiger charge is -2.15. The molecule has 94 valence electrons. The van der Waals surface area contributed by atoms with Gasteiger partial charge in [0.05, 0.1) is 12.2 Å². The van der Waals surface area contributed by atoms with E-state index in [0.717, 1.165) is 30.6 Å². The monoisotopic (exact) mass is 236 g/mol. The van der Waals surface area contributed by atoms with E-state index in [-0.39, 0.29) is 11.9 Å². The van der Waals surface area contributed by atoms with Crippen LogP contribution in [-0.2, 0) is 11.3 Å².